The molecule has 0 spiro atoms. The van der Waals surface area contributed by atoms with Crippen molar-refractivity contribution in [2.45, 2.75) is 11.4 Å². The molecule has 33 heavy (non-hydrogen) atoms. The largest absolute Gasteiger partial charge is 0.379 e. The van der Waals surface area contributed by atoms with E-state index >= 15 is 0 Å². The SMILES string of the molecule is O=C(/C=C/c1ccc(S(=O)(=O)N2CCOCC2)cc1)NCCS(=O)(=O)NCc1ccccc1. The zero-order chi connectivity index (χ0) is 23.7. The highest BCUT2D eigenvalue weighted by Crippen LogP contribution is 2.18. The molecule has 1 aliphatic rings. The van der Waals surface area contributed by atoms with Gasteiger partial charge in [0.25, 0.3) is 0 Å². The second-order valence-corrected chi connectivity index (χ2v) is 11.2. The standard InChI is InChI=1S/C22H27N3O6S2/c26-22(23-12-17-32(27,28)24-18-20-4-2-1-3-5-20)11-8-19-6-9-21(10-7-19)33(29,30)25-13-15-31-16-14-25/h1-11,24H,12-18H2,(H,23,26)/b11-8+. The monoisotopic (exact) mass is 493 g/mol. The van der Waals surface area contributed by atoms with Gasteiger partial charge in [0.05, 0.1) is 23.9 Å². The van der Waals surface area contributed by atoms with Crippen LogP contribution in [0, 0.1) is 0 Å². The number of amides is 1. The van der Waals surface area contributed by atoms with Gasteiger partial charge in [-0.3, -0.25) is 4.79 Å². The van der Waals surface area contributed by atoms with E-state index in [1.54, 1.807) is 12.1 Å². The molecule has 2 aromatic rings. The molecule has 0 aromatic heterocycles. The summed E-state index contributed by atoms with van der Waals surface area (Å²) >= 11 is 0. The van der Waals surface area contributed by atoms with Gasteiger partial charge in [0.1, 0.15) is 0 Å². The van der Waals surface area contributed by atoms with Gasteiger partial charge >= 0.3 is 0 Å². The van der Waals surface area contributed by atoms with Crippen molar-refractivity contribution >= 4 is 32.0 Å². The number of sulfonamides is 2. The number of benzene rings is 2. The minimum absolute atomic E-state index is 0.0377. The minimum Gasteiger partial charge on any atom is -0.379 e. The van der Waals surface area contributed by atoms with Crippen LogP contribution in [-0.2, 0) is 36.1 Å². The first-order valence-corrected chi connectivity index (χ1v) is 13.5. The highest BCUT2D eigenvalue weighted by molar-refractivity contribution is 7.89. The second kappa shape index (κ2) is 11.5. The Morgan fingerprint density at radius 1 is 0.970 bits per heavy atom. The summed E-state index contributed by atoms with van der Waals surface area (Å²) in [5.74, 6) is -0.689. The summed E-state index contributed by atoms with van der Waals surface area (Å²) in [4.78, 5) is 12.2. The maximum atomic E-state index is 12.6. The molecule has 1 heterocycles. The van der Waals surface area contributed by atoms with E-state index in [0.717, 1.165) is 5.56 Å². The maximum Gasteiger partial charge on any atom is 0.244 e. The summed E-state index contributed by atoms with van der Waals surface area (Å²) in [7, 11) is -7.10. The molecule has 0 radical (unpaired) electrons. The molecule has 1 aliphatic heterocycles. The number of carbonyl (C=O) groups excluding carboxylic acids is 1. The fraction of sp³-hybridized carbons (Fsp3) is 0.318. The van der Waals surface area contributed by atoms with Gasteiger partial charge < -0.3 is 10.1 Å². The molecule has 3 rings (SSSR count). The van der Waals surface area contributed by atoms with Crippen LogP contribution in [0.4, 0.5) is 0 Å². The zero-order valence-corrected chi connectivity index (χ0v) is 19.6. The normalized spacial score (nSPS) is 15.5. The van der Waals surface area contributed by atoms with Gasteiger partial charge in [0, 0.05) is 32.3 Å². The molecule has 0 aliphatic carbocycles. The van der Waals surface area contributed by atoms with Gasteiger partial charge in [0.15, 0.2) is 0 Å². The van der Waals surface area contributed by atoms with E-state index in [0.29, 0.717) is 31.9 Å². The van der Waals surface area contributed by atoms with Crippen molar-refractivity contribution in [3.63, 3.8) is 0 Å². The lowest BCUT2D eigenvalue weighted by Gasteiger charge is -2.26. The van der Waals surface area contributed by atoms with Crippen LogP contribution in [0.15, 0.2) is 65.6 Å². The average molecular weight is 494 g/mol. The lowest BCUT2D eigenvalue weighted by Crippen LogP contribution is -2.40. The lowest BCUT2D eigenvalue weighted by molar-refractivity contribution is -0.116. The Balaban J connectivity index is 1.45. The van der Waals surface area contributed by atoms with E-state index in [4.69, 9.17) is 4.74 Å². The first kappa shape index (κ1) is 25.1. The van der Waals surface area contributed by atoms with Gasteiger partial charge in [-0.25, -0.2) is 21.6 Å². The quantitative estimate of drug-likeness (QED) is 0.476. The first-order chi connectivity index (χ1) is 15.8. The third-order valence-corrected chi connectivity index (χ3v) is 8.16. The summed E-state index contributed by atoms with van der Waals surface area (Å²) < 4.78 is 58.4. The molecule has 11 heteroatoms. The molecular weight excluding hydrogens is 466 g/mol. The van der Waals surface area contributed by atoms with E-state index in [-0.39, 0.29) is 23.7 Å². The Kier molecular flexibility index (Phi) is 8.75. The Labute approximate surface area is 194 Å². The highest BCUT2D eigenvalue weighted by Gasteiger charge is 2.25. The number of nitrogens with zero attached hydrogens (tertiary/aromatic N) is 1. The number of hydrogen-bond acceptors (Lipinski definition) is 6. The Bertz CT molecular complexity index is 1160. The van der Waals surface area contributed by atoms with Gasteiger partial charge in [-0.2, -0.15) is 4.31 Å². The van der Waals surface area contributed by atoms with Crippen molar-refractivity contribution in [1.29, 1.82) is 0 Å². The van der Waals surface area contributed by atoms with Gasteiger partial charge in [-0.1, -0.05) is 42.5 Å². The number of nitrogens with one attached hydrogen (secondary N) is 2. The van der Waals surface area contributed by atoms with Crippen molar-refractivity contribution in [2.24, 2.45) is 0 Å². The molecule has 0 saturated carbocycles. The van der Waals surface area contributed by atoms with E-state index in [1.165, 1.54) is 28.6 Å². The van der Waals surface area contributed by atoms with Crippen LogP contribution in [0.5, 0.6) is 0 Å². The van der Waals surface area contributed by atoms with Gasteiger partial charge in [-0.15, -0.1) is 0 Å². The van der Waals surface area contributed by atoms with Crippen LogP contribution in [0.3, 0.4) is 0 Å². The number of morpholine rings is 1. The molecule has 0 bridgehead atoms. The van der Waals surface area contributed by atoms with Crippen LogP contribution >= 0.6 is 0 Å². The molecular formula is C22H27N3O6S2. The predicted octanol–water partition coefficient (Wildman–Crippen LogP) is 0.957. The minimum atomic E-state index is -3.57. The summed E-state index contributed by atoms with van der Waals surface area (Å²) in [6.07, 6.45) is 2.80. The van der Waals surface area contributed by atoms with Crippen molar-refractivity contribution in [1.82, 2.24) is 14.3 Å². The van der Waals surface area contributed by atoms with Crippen molar-refractivity contribution < 1.29 is 26.4 Å². The van der Waals surface area contributed by atoms with Crippen LogP contribution in [0.1, 0.15) is 11.1 Å². The van der Waals surface area contributed by atoms with E-state index in [9.17, 15) is 21.6 Å². The average Bonchev–Trinajstić information content (AvgIpc) is 2.83. The molecule has 1 saturated heterocycles. The summed E-state index contributed by atoms with van der Waals surface area (Å²) in [5.41, 5.74) is 1.49. The van der Waals surface area contributed by atoms with Crippen molar-refractivity contribution in [3.05, 3.63) is 71.8 Å². The third kappa shape index (κ3) is 7.76. The molecule has 0 atom stereocenters. The smallest absolute Gasteiger partial charge is 0.244 e. The molecule has 0 unspecified atom stereocenters. The lowest BCUT2D eigenvalue weighted by atomic mass is 10.2. The molecule has 2 N–H and O–H groups in total. The summed E-state index contributed by atoms with van der Waals surface area (Å²) in [6.45, 7) is 1.54. The van der Waals surface area contributed by atoms with Crippen LogP contribution in [0.2, 0.25) is 0 Å². The number of carbonyl (C=O) groups is 1. The topological polar surface area (TPSA) is 122 Å². The van der Waals surface area contributed by atoms with Crippen LogP contribution in [0.25, 0.3) is 6.08 Å². The van der Waals surface area contributed by atoms with Gasteiger partial charge in [0.2, 0.25) is 26.0 Å². The first-order valence-electron chi connectivity index (χ1n) is 10.4. The van der Waals surface area contributed by atoms with Crippen LogP contribution in [-0.4, -0.2) is 65.6 Å². The Hall–Kier alpha value is -2.57. The van der Waals surface area contributed by atoms with Crippen molar-refractivity contribution in [2.75, 3.05) is 38.6 Å². The predicted molar refractivity (Wildman–Crippen MR) is 125 cm³/mol. The number of ether oxygens (including phenoxy) is 1. The molecule has 1 fully saturated rings. The second-order valence-electron chi connectivity index (χ2n) is 7.34. The van der Waals surface area contributed by atoms with Crippen molar-refractivity contribution in [3.8, 4) is 0 Å². The van der Waals surface area contributed by atoms with E-state index in [1.807, 2.05) is 30.3 Å². The van der Waals surface area contributed by atoms with Crippen LogP contribution < -0.4 is 10.0 Å². The number of hydrogen-bond donors (Lipinski definition) is 2. The molecule has 2 aromatic carbocycles. The molecule has 9 nitrogen and oxygen atoms in total. The number of rotatable bonds is 10. The summed E-state index contributed by atoms with van der Waals surface area (Å²) in [5, 5.41) is 2.53. The zero-order valence-electron chi connectivity index (χ0n) is 18.0. The summed E-state index contributed by atoms with van der Waals surface area (Å²) in [6, 6.07) is 15.3. The van der Waals surface area contributed by atoms with E-state index < -0.39 is 26.0 Å². The molecule has 178 valence electrons. The van der Waals surface area contributed by atoms with E-state index in [2.05, 4.69) is 10.0 Å². The Morgan fingerprint density at radius 2 is 1.64 bits per heavy atom. The highest BCUT2D eigenvalue weighted by atomic mass is 32.2. The maximum absolute atomic E-state index is 12.6. The Morgan fingerprint density at radius 3 is 2.30 bits per heavy atom. The third-order valence-electron chi connectivity index (χ3n) is 4.92. The van der Waals surface area contributed by atoms with Gasteiger partial charge in [-0.05, 0) is 29.3 Å². The molecule has 1 amide bonds. The fourth-order valence-electron chi connectivity index (χ4n) is 3.09. The fourth-order valence-corrected chi connectivity index (χ4v) is 5.40.